The maximum absolute atomic E-state index is 11.9. The number of hydrogen-bond acceptors (Lipinski definition) is 4. The van der Waals surface area contributed by atoms with E-state index in [0.717, 1.165) is 17.7 Å². The molecule has 5 nitrogen and oxygen atoms in total. The van der Waals surface area contributed by atoms with Gasteiger partial charge in [-0.3, -0.25) is 4.79 Å². The van der Waals surface area contributed by atoms with Crippen LogP contribution in [0.2, 0.25) is 0 Å². The van der Waals surface area contributed by atoms with Crippen molar-refractivity contribution in [1.29, 1.82) is 0 Å². The molecule has 1 atom stereocenters. The van der Waals surface area contributed by atoms with E-state index in [-0.39, 0.29) is 10.8 Å². The summed E-state index contributed by atoms with van der Waals surface area (Å²) in [7, 11) is 0. The lowest BCUT2D eigenvalue weighted by Gasteiger charge is -2.21. The Morgan fingerprint density at radius 3 is 2.89 bits per heavy atom. The zero-order valence-electron chi connectivity index (χ0n) is 10.1. The van der Waals surface area contributed by atoms with E-state index in [0.29, 0.717) is 13.2 Å². The summed E-state index contributed by atoms with van der Waals surface area (Å²) < 4.78 is 5.43. The fourth-order valence-electron chi connectivity index (χ4n) is 1.90. The molecular weight excluding hydrogens is 254 g/mol. The van der Waals surface area contributed by atoms with Crippen molar-refractivity contribution < 1.29 is 19.4 Å². The SMILES string of the molecule is CC1(C(=O)NCc2ccc(C(=O)O)s2)CCCO1. The van der Waals surface area contributed by atoms with Crippen LogP contribution in [-0.4, -0.2) is 29.2 Å². The van der Waals surface area contributed by atoms with Crippen molar-refractivity contribution in [2.75, 3.05) is 6.61 Å². The van der Waals surface area contributed by atoms with Gasteiger partial charge in [-0.05, 0) is 31.9 Å². The number of hydrogen-bond donors (Lipinski definition) is 2. The number of ether oxygens (including phenoxy) is 1. The number of amides is 1. The van der Waals surface area contributed by atoms with E-state index >= 15 is 0 Å². The predicted octanol–water partition coefficient (Wildman–Crippen LogP) is 1.63. The first-order chi connectivity index (χ1) is 8.51. The van der Waals surface area contributed by atoms with Crippen molar-refractivity contribution in [3.05, 3.63) is 21.9 Å². The van der Waals surface area contributed by atoms with Crippen LogP contribution in [-0.2, 0) is 16.1 Å². The first-order valence-electron chi connectivity index (χ1n) is 5.75. The highest BCUT2D eigenvalue weighted by atomic mass is 32.1. The van der Waals surface area contributed by atoms with Crippen LogP contribution in [0, 0.1) is 0 Å². The first kappa shape index (κ1) is 13.0. The summed E-state index contributed by atoms with van der Waals surface area (Å²) in [6, 6.07) is 3.26. The quantitative estimate of drug-likeness (QED) is 0.871. The van der Waals surface area contributed by atoms with Gasteiger partial charge in [0.2, 0.25) is 0 Å². The standard InChI is InChI=1S/C12H15NO4S/c1-12(5-2-6-17-12)11(16)13-7-8-3-4-9(18-8)10(14)15/h3-4H,2,5-7H2,1H3,(H,13,16)(H,14,15). The maximum Gasteiger partial charge on any atom is 0.345 e. The van der Waals surface area contributed by atoms with Crippen LogP contribution in [0.5, 0.6) is 0 Å². The van der Waals surface area contributed by atoms with Gasteiger partial charge in [-0.15, -0.1) is 11.3 Å². The molecule has 1 aromatic heterocycles. The van der Waals surface area contributed by atoms with Crippen molar-refractivity contribution in [2.24, 2.45) is 0 Å². The van der Waals surface area contributed by atoms with E-state index in [1.165, 1.54) is 11.3 Å². The van der Waals surface area contributed by atoms with Crippen LogP contribution in [0.1, 0.15) is 34.3 Å². The van der Waals surface area contributed by atoms with Crippen molar-refractivity contribution in [2.45, 2.75) is 31.9 Å². The molecule has 0 aromatic carbocycles. The summed E-state index contributed by atoms with van der Waals surface area (Å²) in [5.41, 5.74) is -0.729. The van der Waals surface area contributed by atoms with Gasteiger partial charge in [0.05, 0.1) is 6.54 Å². The van der Waals surface area contributed by atoms with E-state index < -0.39 is 11.6 Å². The Kier molecular flexibility index (Phi) is 3.68. The van der Waals surface area contributed by atoms with Gasteiger partial charge < -0.3 is 15.2 Å². The number of thiophene rings is 1. The zero-order chi connectivity index (χ0) is 13.2. The molecule has 0 saturated carbocycles. The number of carboxylic acid groups (broad SMARTS) is 1. The molecule has 1 aliphatic rings. The van der Waals surface area contributed by atoms with Crippen LogP contribution in [0.15, 0.2) is 12.1 Å². The van der Waals surface area contributed by atoms with Crippen molar-refractivity contribution in [3.63, 3.8) is 0 Å². The average molecular weight is 269 g/mol. The Hall–Kier alpha value is -1.40. The summed E-state index contributed by atoms with van der Waals surface area (Å²) in [5.74, 6) is -1.08. The molecule has 98 valence electrons. The number of carboxylic acids is 1. The Labute approximate surface area is 109 Å². The molecule has 0 radical (unpaired) electrons. The fraction of sp³-hybridized carbons (Fsp3) is 0.500. The van der Waals surface area contributed by atoms with E-state index in [1.807, 2.05) is 0 Å². The molecule has 0 bridgehead atoms. The second-order valence-electron chi connectivity index (χ2n) is 4.44. The van der Waals surface area contributed by atoms with Gasteiger partial charge in [0, 0.05) is 11.5 Å². The highest BCUT2D eigenvalue weighted by molar-refractivity contribution is 7.13. The van der Waals surface area contributed by atoms with Crippen LogP contribution >= 0.6 is 11.3 Å². The van der Waals surface area contributed by atoms with Crippen LogP contribution in [0.25, 0.3) is 0 Å². The van der Waals surface area contributed by atoms with Gasteiger partial charge in [-0.2, -0.15) is 0 Å². The second kappa shape index (κ2) is 5.07. The van der Waals surface area contributed by atoms with E-state index in [9.17, 15) is 9.59 Å². The third-order valence-electron chi connectivity index (χ3n) is 2.99. The lowest BCUT2D eigenvalue weighted by Crippen LogP contribution is -2.43. The molecule has 1 unspecified atom stereocenters. The van der Waals surface area contributed by atoms with Gasteiger partial charge in [-0.25, -0.2) is 4.79 Å². The Morgan fingerprint density at radius 2 is 2.33 bits per heavy atom. The highest BCUT2D eigenvalue weighted by Crippen LogP contribution is 2.25. The fourth-order valence-corrected chi connectivity index (χ4v) is 2.69. The van der Waals surface area contributed by atoms with Gasteiger partial charge >= 0.3 is 5.97 Å². The molecule has 1 saturated heterocycles. The molecule has 1 amide bonds. The van der Waals surface area contributed by atoms with Crippen molar-refractivity contribution in [3.8, 4) is 0 Å². The van der Waals surface area contributed by atoms with Crippen molar-refractivity contribution in [1.82, 2.24) is 5.32 Å². The lowest BCUT2D eigenvalue weighted by molar-refractivity contribution is -0.139. The Morgan fingerprint density at radius 1 is 1.56 bits per heavy atom. The van der Waals surface area contributed by atoms with Gasteiger partial charge in [0.1, 0.15) is 10.5 Å². The minimum atomic E-state index is -0.941. The van der Waals surface area contributed by atoms with E-state index in [4.69, 9.17) is 9.84 Å². The summed E-state index contributed by atoms with van der Waals surface area (Å²) >= 11 is 1.17. The number of carbonyl (C=O) groups excluding carboxylic acids is 1. The smallest absolute Gasteiger partial charge is 0.345 e. The van der Waals surface area contributed by atoms with E-state index in [1.54, 1.807) is 19.1 Å². The van der Waals surface area contributed by atoms with Gasteiger partial charge in [-0.1, -0.05) is 0 Å². The third-order valence-corrected chi connectivity index (χ3v) is 4.07. The van der Waals surface area contributed by atoms with Gasteiger partial charge in [0.25, 0.3) is 5.91 Å². The van der Waals surface area contributed by atoms with Gasteiger partial charge in [0.15, 0.2) is 0 Å². The summed E-state index contributed by atoms with van der Waals surface area (Å²) in [6.45, 7) is 2.74. The van der Waals surface area contributed by atoms with Crippen molar-refractivity contribution >= 4 is 23.2 Å². The van der Waals surface area contributed by atoms with E-state index in [2.05, 4.69) is 5.32 Å². The Balaban J connectivity index is 1.90. The number of nitrogens with one attached hydrogen (secondary N) is 1. The number of rotatable bonds is 4. The molecule has 6 heteroatoms. The molecule has 2 heterocycles. The Bertz CT molecular complexity index is 462. The second-order valence-corrected chi connectivity index (χ2v) is 5.60. The summed E-state index contributed by atoms with van der Waals surface area (Å²) in [4.78, 5) is 23.8. The topological polar surface area (TPSA) is 75.6 Å². The largest absolute Gasteiger partial charge is 0.477 e. The summed E-state index contributed by atoms with van der Waals surface area (Å²) in [6.07, 6.45) is 1.62. The lowest BCUT2D eigenvalue weighted by atomic mass is 10.0. The minimum Gasteiger partial charge on any atom is -0.477 e. The normalized spacial score (nSPS) is 22.9. The molecule has 1 aliphatic heterocycles. The van der Waals surface area contributed by atoms with Crippen LogP contribution in [0.3, 0.4) is 0 Å². The average Bonchev–Trinajstić information content (AvgIpc) is 2.95. The maximum atomic E-state index is 11.9. The number of carbonyl (C=O) groups is 2. The molecule has 2 N–H and O–H groups in total. The zero-order valence-corrected chi connectivity index (χ0v) is 10.9. The molecular formula is C12H15NO4S. The molecule has 1 fully saturated rings. The number of aromatic carboxylic acids is 1. The monoisotopic (exact) mass is 269 g/mol. The molecule has 0 aliphatic carbocycles. The predicted molar refractivity (Wildman–Crippen MR) is 66.7 cm³/mol. The minimum absolute atomic E-state index is 0.134. The first-order valence-corrected chi connectivity index (χ1v) is 6.57. The molecule has 2 rings (SSSR count). The highest BCUT2D eigenvalue weighted by Gasteiger charge is 2.37. The molecule has 1 aromatic rings. The molecule has 0 spiro atoms. The van der Waals surface area contributed by atoms with Crippen LogP contribution in [0.4, 0.5) is 0 Å². The van der Waals surface area contributed by atoms with Crippen LogP contribution < -0.4 is 5.32 Å². The molecule has 18 heavy (non-hydrogen) atoms. The summed E-state index contributed by atoms with van der Waals surface area (Å²) in [5, 5.41) is 11.6. The third kappa shape index (κ3) is 2.70.